The molecule has 0 saturated carbocycles. The van der Waals surface area contributed by atoms with Crippen molar-refractivity contribution in [3.05, 3.63) is 82.9 Å². The predicted molar refractivity (Wildman–Crippen MR) is 149 cm³/mol. The lowest BCUT2D eigenvalue weighted by Crippen LogP contribution is -2.29. The highest BCUT2D eigenvalue weighted by Crippen LogP contribution is 2.45. The molecule has 2 aliphatic rings. The lowest BCUT2D eigenvalue weighted by atomic mass is 9.94. The maximum atomic E-state index is 13.6. The van der Waals surface area contributed by atoms with E-state index in [9.17, 15) is 14.7 Å². The predicted octanol–water partition coefficient (Wildman–Crippen LogP) is 5.65. The maximum Gasteiger partial charge on any atom is 0.301 e. The van der Waals surface area contributed by atoms with Crippen LogP contribution in [0.1, 0.15) is 36.6 Å². The molecule has 198 valence electrons. The van der Waals surface area contributed by atoms with E-state index < -0.39 is 17.7 Å². The van der Waals surface area contributed by atoms with Gasteiger partial charge in [0.25, 0.3) is 5.78 Å². The first kappa shape index (κ1) is 24.9. The van der Waals surface area contributed by atoms with Crippen LogP contribution in [0.25, 0.3) is 16.0 Å². The van der Waals surface area contributed by atoms with E-state index in [0.717, 1.165) is 16.0 Å². The second-order valence-corrected chi connectivity index (χ2v) is 10.5. The van der Waals surface area contributed by atoms with Crippen LogP contribution in [0.15, 0.2) is 66.2 Å². The summed E-state index contributed by atoms with van der Waals surface area (Å²) in [6.45, 7) is 4.32. The van der Waals surface area contributed by atoms with Crippen molar-refractivity contribution < 1.29 is 28.9 Å². The molecule has 0 bridgehead atoms. The fraction of sp³-hybridized carbons (Fsp3) is 0.233. The van der Waals surface area contributed by atoms with Gasteiger partial charge in [-0.25, -0.2) is 4.98 Å². The fourth-order valence-electron chi connectivity index (χ4n) is 5.13. The SMILES string of the molecule is CCOc1cccc([C@H]2/C(=C(\O)c3ccc4c(c3)C[C@H](C)O4)C(=O)C(=O)N2c2nc3ccc(OC)cc3s2)c1. The van der Waals surface area contributed by atoms with Gasteiger partial charge in [-0.1, -0.05) is 23.5 Å². The van der Waals surface area contributed by atoms with Crippen LogP contribution in [-0.2, 0) is 16.0 Å². The van der Waals surface area contributed by atoms with Gasteiger partial charge in [0.1, 0.15) is 29.1 Å². The number of carbonyl (C=O) groups excluding carboxylic acids is 2. The summed E-state index contributed by atoms with van der Waals surface area (Å²) in [6.07, 6.45) is 0.724. The van der Waals surface area contributed by atoms with Crippen LogP contribution in [0.3, 0.4) is 0 Å². The van der Waals surface area contributed by atoms with Gasteiger partial charge in [-0.2, -0.15) is 0 Å². The third kappa shape index (κ3) is 4.28. The van der Waals surface area contributed by atoms with Crippen LogP contribution in [0.4, 0.5) is 5.13 Å². The molecule has 1 aromatic heterocycles. The molecule has 1 saturated heterocycles. The van der Waals surface area contributed by atoms with Crippen LogP contribution >= 0.6 is 11.3 Å². The third-order valence-electron chi connectivity index (χ3n) is 6.89. The summed E-state index contributed by atoms with van der Waals surface area (Å²) in [4.78, 5) is 33.2. The van der Waals surface area contributed by atoms with Crippen molar-refractivity contribution in [1.82, 2.24) is 4.98 Å². The van der Waals surface area contributed by atoms with Crippen molar-refractivity contribution in [1.29, 1.82) is 0 Å². The summed E-state index contributed by atoms with van der Waals surface area (Å²) < 4.78 is 17.6. The van der Waals surface area contributed by atoms with Gasteiger partial charge in [0.15, 0.2) is 5.13 Å². The topological polar surface area (TPSA) is 98.2 Å². The number of Topliss-reactive ketones (excluding diaryl/α,β-unsaturated/α-hetero) is 1. The van der Waals surface area contributed by atoms with Crippen LogP contribution in [-0.4, -0.2) is 41.6 Å². The van der Waals surface area contributed by atoms with Crippen molar-refractivity contribution in [3.63, 3.8) is 0 Å². The number of benzene rings is 3. The Bertz CT molecular complexity index is 1660. The summed E-state index contributed by atoms with van der Waals surface area (Å²) in [5, 5.41) is 11.9. The van der Waals surface area contributed by atoms with Crippen LogP contribution in [0, 0.1) is 0 Å². The number of aliphatic hydroxyl groups is 1. The number of thiazole rings is 1. The molecule has 0 aliphatic carbocycles. The van der Waals surface area contributed by atoms with Gasteiger partial charge in [0.2, 0.25) is 0 Å². The largest absolute Gasteiger partial charge is 0.507 e. The zero-order valence-electron chi connectivity index (χ0n) is 21.6. The van der Waals surface area contributed by atoms with E-state index in [4.69, 9.17) is 14.2 Å². The standard InChI is InChI=1S/C30H26N2O6S/c1-4-37-21-7-5-6-17(14-21)26-25(27(33)18-8-11-23-19(13-18)12-16(2)38-23)28(34)29(35)32(26)30-31-22-10-9-20(36-3)15-24(22)39-30/h5-11,13-16,26,33H,4,12H2,1-3H3/b27-25+/t16-,26-/m0/s1. The molecule has 6 rings (SSSR count). The number of aromatic nitrogens is 1. The molecule has 1 fully saturated rings. The van der Waals surface area contributed by atoms with Gasteiger partial charge < -0.3 is 19.3 Å². The highest BCUT2D eigenvalue weighted by Gasteiger charge is 2.48. The number of carbonyl (C=O) groups is 2. The quantitative estimate of drug-likeness (QED) is 0.191. The summed E-state index contributed by atoms with van der Waals surface area (Å²) in [7, 11) is 1.58. The molecule has 3 heterocycles. The van der Waals surface area contributed by atoms with Gasteiger partial charge in [-0.15, -0.1) is 0 Å². The highest BCUT2D eigenvalue weighted by atomic mass is 32.1. The molecule has 9 heteroatoms. The van der Waals surface area contributed by atoms with E-state index in [1.54, 1.807) is 37.4 Å². The van der Waals surface area contributed by atoms with Gasteiger partial charge >= 0.3 is 5.91 Å². The Morgan fingerprint density at radius 2 is 1.97 bits per heavy atom. The number of anilines is 1. The number of rotatable bonds is 6. The van der Waals surface area contributed by atoms with Crippen molar-refractivity contribution in [2.24, 2.45) is 0 Å². The average molecular weight is 543 g/mol. The molecule has 4 aromatic rings. The minimum absolute atomic E-state index is 0.00241. The molecular weight excluding hydrogens is 516 g/mol. The maximum absolute atomic E-state index is 13.6. The van der Waals surface area contributed by atoms with Crippen LogP contribution in [0.5, 0.6) is 17.2 Å². The molecule has 39 heavy (non-hydrogen) atoms. The lowest BCUT2D eigenvalue weighted by molar-refractivity contribution is -0.132. The molecule has 2 aliphatic heterocycles. The zero-order valence-corrected chi connectivity index (χ0v) is 22.5. The Morgan fingerprint density at radius 1 is 1.13 bits per heavy atom. The van der Waals surface area contributed by atoms with E-state index in [0.29, 0.717) is 46.3 Å². The summed E-state index contributed by atoms with van der Waals surface area (Å²) in [5.74, 6) is 0.237. The Kier molecular flexibility index (Phi) is 6.23. The zero-order chi connectivity index (χ0) is 27.3. The summed E-state index contributed by atoms with van der Waals surface area (Å²) >= 11 is 1.28. The molecule has 0 unspecified atom stereocenters. The van der Waals surface area contributed by atoms with E-state index >= 15 is 0 Å². The minimum Gasteiger partial charge on any atom is -0.507 e. The lowest BCUT2D eigenvalue weighted by Gasteiger charge is -2.23. The van der Waals surface area contributed by atoms with E-state index in [1.165, 1.54) is 16.2 Å². The minimum atomic E-state index is -0.906. The normalized spacial score (nSPS) is 19.8. The average Bonchev–Trinajstić information content (AvgIpc) is 3.60. The second-order valence-electron chi connectivity index (χ2n) is 9.46. The molecule has 3 aromatic carbocycles. The Labute approximate surface area is 229 Å². The van der Waals surface area contributed by atoms with Crippen molar-refractivity contribution in [3.8, 4) is 17.2 Å². The number of nitrogens with zero attached hydrogens (tertiary/aromatic N) is 2. The number of methoxy groups -OCH3 is 1. The van der Waals surface area contributed by atoms with Crippen molar-refractivity contribution >= 4 is 44.1 Å². The molecule has 8 nitrogen and oxygen atoms in total. The molecule has 2 atom stereocenters. The molecule has 1 amide bonds. The van der Waals surface area contributed by atoms with E-state index in [-0.39, 0.29) is 17.4 Å². The number of amides is 1. The van der Waals surface area contributed by atoms with Gasteiger partial charge in [-0.3, -0.25) is 14.5 Å². The Morgan fingerprint density at radius 3 is 2.77 bits per heavy atom. The first-order valence-electron chi connectivity index (χ1n) is 12.7. The van der Waals surface area contributed by atoms with E-state index in [1.807, 2.05) is 44.2 Å². The molecule has 1 N–H and O–H groups in total. The first-order chi connectivity index (χ1) is 18.9. The van der Waals surface area contributed by atoms with Gasteiger partial charge in [-0.05, 0) is 73.5 Å². The Balaban J connectivity index is 1.53. The third-order valence-corrected chi connectivity index (χ3v) is 7.91. The first-order valence-corrected chi connectivity index (χ1v) is 13.5. The van der Waals surface area contributed by atoms with Crippen LogP contribution < -0.4 is 19.1 Å². The highest BCUT2D eigenvalue weighted by molar-refractivity contribution is 7.22. The number of hydrogen-bond donors (Lipinski definition) is 1. The molecule has 0 spiro atoms. The van der Waals surface area contributed by atoms with Gasteiger partial charge in [0.05, 0.1) is 35.5 Å². The number of ether oxygens (including phenoxy) is 3. The number of hydrogen-bond acceptors (Lipinski definition) is 8. The monoisotopic (exact) mass is 542 g/mol. The van der Waals surface area contributed by atoms with Crippen molar-refractivity contribution in [2.45, 2.75) is 32.4 Å². The molecule has 0 radical (unpaired) electrons. The van der Waals surface area contributed by atoms with Gasteiger partial charge in [0, 0.05) is 12.0 Å². The molecular formula is C30H26N2O6S. The summed E-state index contributed by atoms with van der Waals surface area (Å²) in [6, 6.07) is 17.1. The fourth-order valence-corrected chi connectivity index (χ4v) is 6.15. The van der Waals surface area contributed by atoms with Crippen LogP contribution in [0.2, 0.25) is 0 Å². The Hall–Kier alpha value is -4.37. The van der Waals surface area contributed by atoms with Crippen molar-refractivity contribution in [2.75, 3.05) is 18.6 Å². The van der Waals surface area contributed by atoms with E-state index in [2.05, 4.69) is 4.98 Å². The smallest absolute Gasteiger partial charge is 0.301 e. The summed E-state index contributed by atoms with van der Waals surface area (Å²) in [5.41, 5.74) is 2.68. The number of aliphatic hydroxyl groups excluding tert-OH is 1. The number of fused-ring (bicyclic) bond motifs is 2. The second kappa shape index (κ2) is 9.74. The number of ketones is 1.